The Morgan fingerprint density at radius 2 is 1.84 bits per heavy atom. The predicted molar refractivity (Wildman–Crippen MR) is 119 cm³/mol. The molecule has 0 aliphatic carbocycles. The van der Waals surface area contributed by atoms with Gasteiger partial charge in [0.1, 0.15) is 11.5 Å². The number of likely N-dealkylation sites (tertiary alicyclic amines) is 1. The Kier molecular flexibility index (Phi) is 6.08. The number of carbonyl (C=O) groups is 2. The lowest BCUT2D eigenvalue weighted by Crippen LogP contribution is -2.30. The number of ether oxygens (including phenoxy) is 3. The molecule has 0 bridgehead atoms. The highest BCUT2D eigenvalue weighted by Crippen LogP contribution is 2.41. The van der Waals surface area contributed by atoms with E-state index in [0.29, 0.717) is 48.3 Å². The normalized spacial score (nSPS) is 19.1. The van der Waals surface area contributed by atoms with Crippen molar-refractivity contribution in [1.82, 2.24) is 4.90 Å². The maximum absolute atomic E-state index is 13.0. The first-order valence-electron chi connectivity index (χ1n) is 10.8. The molecule has 32 heavy (non-hydrogen) atoms. The van der Waals surface area contributed by atoms with Gasteiger partial charge in [0.2, 0.25) is 6.79 Å². The van der Waals surface area contributed by atoms with Crippen LogP contribution in [0.5, 0.6) is 17.2 Å². The third kappa shape index (κ3) is 4.02. The van der Waals surface area contributed by atoms with Gasteiger partial charge in [-0.15, -0.1) is 0 Å². The Labute approximate surface area is 187 Å². The molecule has 1 unspecified atom stereocenters. The van der Waals surface area contributed by atoms with Gasteiger partial charge in [-0.2, -0.15) is 0 Å². The van der Waals surface area contributed by atoms with E-state index >= 15 is 0 Å². The number of aliphatic hydroxyl groups excluding tert-OH is 1. The van der Waals surface area contributed by atoms with Crippen LogP contribution in [0.4, 0.5) is 0 Å². The van der Waals surface area contributed by atoms with E-state index in [-0.39, 0.29) is 18.1 Å². The maximum Gasteiger partial charge on any atom is 0.295 e. The van der Waals surface area contributed by atoms with E-state index in [9.17, 15) is 14.7 Å². The van der Waals surface area contributed by atoms with Gasteiger partial charge in [-0.1, -0.05) is 32.9 Å². The molecule has 7 heteroatoms. The Bertz CT molecular complexity index is 1060. The molecular formula is C25H27NO6. The molecule has 1 N–H and O–H groups in total. The molecule has 2 aromatic carbocycles. The Morgan fingerprint density at radius 1 is 1.12 bits per heavy atom. The second-order valence-electron chi connectivity index (χ2n) is 8.33. The Balaban J connectivity index is 1.75. The average Bonchev–Trinajstić information content (AvgIpc) is 3.35. The monoisotopic (exact) mass is 437 g/mol. The van der Waals surface area contributed by atoms with Crippen LogP contribution in [0.3, 0.4) is 0 Å². The summed E-state index contributed by atoms with van der Waals surface area (Å²) in [7, 11) is 0. The number of benzene rings is 2. The Hall–Kier alpha value is -3.48. The molecule has 0 aromatic heterocycles. The summed E-state index contributed by atoms with van der Waals surface area (Å²) in [4.78, 5) is 27.3. The largest absolute Gasteiger partial charge is 0.507 e. The van der Waals surface area contributed by atoms with Crippen LogP contribution in [0.15, 0.2) is 48.0 Å². The van der Waals surface area contributed by atoms with Crippen molar-refractivity contribution in [2.45, 2.75) is 33.2 Å². The highest BCUT2D eigenvalue weighted by atomic mass is 16.7. The van der Waals surface area contributed by atoms with Crippen LogP contribution < -0.4 is 14.2 Å². The number of rotatable bonds is 7. The topological polar surface area (TPSA) is 85.3 Å². The van der Waals surface area contributed by atoms with Gasteiger partial charge in [0.05, 0.1) is 18.2 Å². The summed E-state index contributed by atoms with van der Waals surface area (Å²) < 4.78 is 16.5. The van der Waals surface area contributed by atoms with Crippen molar-refractivity contribution in [2.75, 3.05) is 19.9 Å². The van der Waals surface area contributed by atoms with E-state index in [4.69, 9.17) is 14.2 Å². The van der Waals surface area contributed by atoms with Crippen LogP contribution in [0, 0.1) is 5.92 Å². The van der Waals surface area contributed by atoms with Crippen LogP contribution in [0.1, 0.15) is 44.4 Å². The van der Waals surface area contributed by atoms with Crippen molar-refractivity contribution >= 4 is 17.4 Å². The number of aliphatic hydroxyl groups is 1. The van der Waals surface area contributed by atoms with Crippen LogP contribution >= 0.6 is 0 Å². The van der Waals surface area contributed by atoms with Crippen molar-refractivity contribution < 1.29 is 28.9 Å². The average molecular weight is 437 g/mol. The summed E-state index contributed by atoms with van der Waals surface area (Å²) >= 11 is 0. The van der Waals surface area contributed by atoms with E-state index in [0.717, 1.165) is 5.56 Å². The number of ketones is 1. The van der Waals surface area contributed by atoms with Gasteiger partial charge in [0.25, 0.3) is 11.7 Å². The molecule has 0 radical (unpaired) electrons. The molecule has 168 valence electrons. The number of hydrogen-bond donors (Lipinski definition) is 1. The number of Topliss-reactive ketones (excluding diaryl/α,β-unsaturated/α-hetero) is 1. The standard InChI is InChI=1S/C25H27NO6/c1-4-11-26-22(16-5-8-18(9-6-16)30-13-15(2)3)21(24(28)25(26)29)23(27)17-7-10-19-20(12-17)32-14-31-19/h5-10,12,15,22,27H,4,11,13-14H2,1-3H3/b23-21-. The number of fused-ring (bicyclic) bond motifs is 1. The first-order chi connectivity index (χ1) is 15.4. The first kappa shape index (κ1) is 21.7. The highest BCUT2D eigenvalue weighted by Gasteiger charge is 2.45. The second kappa shape index (κ2) is 8.94. The molecular weight excluding hydrogens is 410 g/mol. The summed E-state index contributed by atoms with van der Waals surface area (Å²) in [6.07, 6.45) is 0.684. The second-order valence-corrected chi connectivity index (χ2v) is 8.33. The minimum absolute atomic E-state index is 0.0677. The fraction of sp³-hybridized carbons (Fsp3) is 0.360. The molecule has 1 amide bonds. The molecule has 2 aromatic rings. The zero-order valence-electron chi connectivity index (χ0n) is 18.5. The zero-order valence-corrected chi connectivity index (χ0v) is 18.5. The van der Waals surface area contributed by atoms with Gasteiger partial charge < -0.3 is 24.2 Å². The molecule has 2 heterocycles. The summed E-state index contributed by atoms with van der Waals surface area (Å²) in [5.74, 6) is 0.628. The molecule has 2 aliphatic heterocycles. The van der Waals surface area contributed by atoms with Crippen molar-refractivity contribution in [3.05, 3.63) is 59.2 Å². The summed E-state index contributed by atoms with van der Waals surface area (Å²) in [5, 5.41) is 11.1. The minimum Gasteiger partial charge on any atom is -0.507 e. The predicted octanol–water partition coefficient (Wildman–Crippen LogP) is 4.28. The lowest BCUT2D eigenvalue weighted by molar-refractivity contribution is -0.139. The summed E-state index contributed by atoms with van der Waals surface area (Å²) in [6.45, 7) is 7.19. The van der Waals surface area contributed by atoms with Gasteiger partial charge in [-0.25, -0.2) is 0 Å². The van der Waals surface area contributed by atoms with Crippen molar-refractivity contribution in [2.24, 2.45) is 5.92 Å². The molecule has 1 fully saturated rings. The maximum atomic E-state index is 13.0. The minimum atomic E-state index is -0.696. The van der Waals surface area contributed by atoms with E-state index in [1.54, 1.807) is 18.2 Å². The van der Waals surface area contributed by atoms with E-state index in [2.05, 4.69) is 13.8 Å². The van der Waals surface area contributed by atoms with Crippen LogP contribution in [-0.4, -0.2) is 41.6 Å². The number of hydrogen-bond acceptors (Lipinski definition) is 6. The number of nitrogens with zero attached hydrogens (tertiary/aromatic N) is 1. The lowest BCUT2D eigenvalue weighted by atomic mass is 9.95. The molecule has 0 spiro atoms. The van der Waals surface area contributed by atoms with E-state index in [1.165, 1.54) is 4.90 Å². The Morgan fingerprint density at radius 3 is 2.53 bits per heavy atom. The highest BCUT2D eigenvalue weighted by molar-refractivity contribution is 6.46. The van der Waals surface area contributed by atoms with Crippen LogP contribution in [0.2, 0.25) is 0 Å². The quantitative estimate of drug-likeness (QED) is 0.395. The van der Waals surface area contributed by atoms with E-state index < -0.39 is 17.7 Å². The summed E-state index contributed by atoms with van der Waals surface area (Å²) in [6, 6.07) is 11.6. The third-order valence-electron chi connectivity index (χ3n) is 5.43. The van der Waals surface area contributed by atoms with Gasteiger partial charge in [0, 0.05) is 12.1 Å². The van der Waals surface area contributed by atoms with Crippen molar-refractivity contribution in [3.63, 3.8) is 0 Å². The van der Waals surface area contributed by atoms with E-state index in [1.807, 2.05) is 31.2 Å². The SMILES string of the molecule is CCCN1C(=O)C(=O)/C(=C(\O)c2ccc3c(c2)OCO3)C1c1ccc(OCC(C)C)cc1. The molecule has 1 atom stereocenters. The van der Waals surface area contributed by atoms with Gasteiger partial charge >= 0.3 is 0 Å². The van der Waals surface area contributed by atoms with Gasteiger partial charge in [-0.3, -0.25) is 9.59 Å². The fourth-order valence-corrected chi connectivity index (χ4v) is 3.91. The fourth-order valence-electron chi connectivity index (χ4n) is 3.91. The number of amides is 1. The molecule has 0 saturated carbocycles. The lowest BCUT2D eigenvalue weighted by Gasteiger charge is -2.25. The molecule has 4 rings (SSSR count). The third-order valence-corrected chi connectivity index (χ3v) is 5.43. The molecule has 1 saturated heterocycles. The molecule has 2 aliphatic rings. The molecule has 7 nitrogen and oxygen atoms in total. The van der Waals surface area contributed by atoms with Gasteiger partial charge in [0.15, 0.2) is 11.5 Å². The van der Waals surface area contributed by atoms with Crippen LogP contribution in [0.25, 0.3) is 5.76 Å². The van der Waals surface area contributed by atoms with Gasteiger partial charge in [-0.05, 0) is 48.2 Å². The summed E-state index contributed by atoms with van der Waals surface area (Å²) in [5.41, 5.74) is 1.20. The van der Waals surface area contributed by atoms with Crippen molar-refractivity contribution in [1.29, 1.82) is 0 Å². The smallest absolute Gasteiger partial charge is 0.295 e. The number of carbonyl (C=O) groups excluding carboxylic acids is 2. The first-order valence-corrected chi connectivity index (χ1v) is 10.8. The zero-order chi connectivity index (χ0) is 22.8. The van der Waals surface area contributed by atoms with Crippen molar-refractivity contribution in [3.8, 4) is 17.2 Å². The van der Waals surface area contributed by atoms with Crippen LogP contribution in [-0.2, 0) is 9.59 Å².